The number of nitrogens with one attached hydrogen (secondary N) is 3. The first kappa shape index (κ1) is 17.8. The summed E-state index contributed by atoms with van der Waals surface area (Å²) in [5, 5.41) is 7.11. The van der Waals surface area contributed by atoms with E-state index in [0.29, 0.717) is 34.1 Å². The number of rotatable bonds is 3. The number of pyridine rings is 1. The average molecular weight is 392 g/mol. The number of nitrogens with zero attached hydrogens (tertiary/aromatic N) is 3. The van der Waals surface area contributed by atoms with Crippen molar-refractivity contribution in [1.29, 1.82) is 0 Å². The van der Waals surface area contributed by atoms with Crippen molar-refractivity contribution in [3.63, 3.8) is 0 Å². The lowest BCUT2D eigenvalue weighted by Gasteiger charge is -2.23. The molecular weight excluding hydrogens is 371 g/mol. The Morgan fingerprint density at radius 3 is 2.79 bits per heavy atom. The zero-order valence-corrected chi connectivity index (χ0v) is 16.0. The third kappa shape index (κ3) is 3.36. The monoisotopic (exact) mass is 392 g/mol. The Kier molecular flexibility index (Phi) is 4.28. The van der Waals surface area contributed by atoms with E-state index in [2.05, 4.69) is 25.6 Å². The highest BCUT2D eigenvalue weighted by Crippen LogP contribution is 2.25. The molecule has 148 valence electrons. The molecule has 4 heterocycles. The normalized spacial score (nSPS) is 15.2. The van der Waals surface area contributed by atoms with Crippen LogP contribution < -0.4 is 16.2 Å². The summed E-state index contributed by atoms with van der Waals surface area (Å²) in [6, 6.07) is 7.14. The van der Waals surface area contributed by atoms with Gasteiger partial charge in [0.25, 0.3) is 5.56 Å². The fraction of sp³-hybridized carbons (Fsp3) is 0.286. The van der Waals surface area contributed by atoms with Crippen molar-refractivity contribution in [1.82, 2.24) is 24.7 Å². The van der Waals surface area contributed by atoms with Gasteiger partial charge in [0.1, 0.15) is 0 Å². The molecule has 0 aliphatic carbocycles. The summed E-state index contributed by atoms with van der Waals surface area (Å²) < 4.78 is 16.1. The summed E-state index contributed by atoms with van der Waals surface area (Å²) in [7, 11) is 0. The first-order valence-corrected chi connectivity index (χ1v) is 9.73. The van der Waals surface area contributed by atoms with Crippen LogP contribution in [0.15, 0.2) is 41.5 Å². The molecule has 1 aliphatic rings. The lowest BCUT2D eigenvalue weighted by Crippen LogP contribution is -2.36. The fourth-order valence-corrected chi connectivity index (χ4v) is 3.88. The van der Waals surface area contributed by atoms with Crippen molar-refractivity contribution < 1.29 is 4.39 Å². The van der Waals surface area contributed by atoms with E-state index in [9.17, 15) is 9.18 Å². The SMILES string of the molecule is Cc1cn2cc(-c3ccc4nc(NC5CCNCC5)[nH]c(=O)c4c3)cc(F)c2n1. The standard InChI is InChI=1S/C21H21FN6O/c1-12-10-28-11-14(9-17(22)19(28)24-12)13-2-3-18-16(8-13)20(29)27-21(26-18)25-15-4-6-23-7-5-15/h2-3,8-11,15,23H,4-7H2,1H3,(H2,25,26,27,29). The number of piperidine rings is 1. The van der Waals surface area contributed by atoms with E-state index in [1.807, 2.05) is 19.2 Å². The number of hydrogen-bond donors (Lipinski definition) is 3. The number of imidazole rings is 1. The predicted molar refractivity (Wildman–Crippen MR) is 111 cm³/mol. The van der Waals surface area contributed by atoms with E-state index in [4.69, 9.17) is 0 Å². The quantitative estimate of drug-likeness (QED) is 0.499. The van der Waals surface area contributed by atoms with Crippen LogP contribution in [-0.4, -0.2) is 38.5 Å². The van der Waals surface area contributed by atoms with Gasteiger partial charge in [-0.05, 0) is 56.6 Å². The van der Waals surface area contributed by atoms with E-state index in [-0.39, 0.29) is 5.56 Å². The van der Waals surface area contributed by atoms with Crippen molar-refractivity contribution in [3.05, 3.63) is 58.5 Å². The maximum absolute atomic E-state index is 14.4. The van der Waals surface area contributed by atoms with Gasteiger partial charge in [0.15, 0.2) is 11.5 Å². The third-order valence-electron chi connectivity index (χ3n) is 5.35. The third-order valence-corrected chi connectivity index (χ3v) is 5.35. The van der Waals surface area contributed by atoms with Gasteiger partial charge in [-0.15, -0.1) is 0 Å². The summed E-state index contributed by atoms with van der Waals surface area (Å²) in [6.45, 7) is 3.73. The number of aromatic amines is 1. The molecular formula is C21H21FN6O. The number of benzene rings is 1. The van der Waals surface area contributed by atoms with Crippen molar-refractivity contribution in [2.24, 2.45) is 0 Å². The first-order valence-electron chi connectivity index (χ1n) is 9.73. The minimum atomic E-state index is -0.399. The first-order chi connectivity index (χ1) is 14.1. The Hall–Kier alpha value is -3.26. The molecule has 29 heavy (non-hydrogen) atoms. The maximum atomic E-state index is 14.4. The summed E-state index contributed by atoms with van der Waals surface area (Å²) >= 11 is 0. The molecule has 0 atom stereocenters. The summed E-state index contributed by atoms with van der Waals surface area (Å²) in [5.41, 5.74) is 2.85. The second-order valence-electron chi connectivity index (χ2n) is 7.50. The molecule has 7 nitrogen and oxygen atoms in total. The van der Waals surface area contributed by atoms with Crippen LogP contribution in [0.1, 0.15) is 18.5 Å². The Balaban J connectivity index is 1.52. The Morgan fingerprint density at radius 2 is 1.97 bits per heavy atom. The Morgan fingerprint density at radius 1 is 1.14 bits per heavy atom. The molecule has 0 bridgehead atoms. The van der Waals surface area contributed by atoms with Gasteiger partial charge in [-0.1, -0.05) is 6.07 Å². The van der Waals surface area contributed by atoms with Crippen LogP contribution >= 0.6 is 0 Å². The topological polar surface area (TPSA) is 87.1 Å². The van der Waals surface area contributed by atoms with Crippen molar-refractivity contribution in [2.75, 3.05) is 18.4 Å². The minimum Gasteiger partial charge on any atom is -0.353 e. The number of halogens is 1. The molecule has 0 saturated carbocycles. The highest BCUT2D eigenvalue weighted by atomic mass is 19.1. The molecule has 1 aliphatic heterocycles. The van der Waals surface area contributed by atoms with Gasteiger partial charge in [-0.25, -0.2) is 14.4 Å². The van der Waals surface area contributed by atoms with Gasteiger partial charge in [0, 0.05) is 24.0 Å². The molecule has 4 aromatic rings. The zero-order valence-electron chi connectivity index (χ0n) is 16.0. The number of anilines is 1. The van der Waals surface area contributed by atoms with Crippen LogP contribution in [0, 0.1) is 12.7 Å². The van der Waals surface area contributed by atoms with Crippen LogP contribution in [-0.2, 0) is 0 Å². The highest BCUT2D eigenvalue weighted by molar-refractivity contribution is 5.84. The largest absolute Gasteiger partial charge is 0.353 e. The predicted octanol–water partition coefficient (Wildman–Crippen LogP) is 2.85. The molecule has 8 heteroatoms. The molecule has 0 amide bonds. The molecule has 1 fully saturated rings. The van der Waals surface area contributed by atoms with Gasteiger partial charge in [0.05, 0.1) is 16.6 Å². The summed E-state index contributed by atoms with van der Waals surface area (Å²) in [5.74, 6) is 0.0905. The minimum absolute atomic E-state index is 0.215. The van der Waals surface area contributed by atoms with Crippen LogP contribution in [0.3, 0.4) is 0 Å². The molecule has 3 N–H and O–H groups in total. The average Bonchev–Trinajstić information content (AvgIpc) is 3.09. The number of hydrogen-bond acceptors (Lipinski definition) is 5. The fourth-order valence-electron chi connectivity index (χ4n) is 3.88. The molecule has 3 aromatic heterocycles. The van der Waals surface area contributed by atoms with Crippen molar-refractivity contribution >= 4 is 22.5 Å². The van der Waals surface area contributed by atoms with Gasteiger partial charge in [0.2, 0.25) is 5.95 Å². The van der Waals surface area contributed by atoms with E-state index >= 15 is 0 Å². The summed E-state index contributed by atoms with van der Waals surface area (Å²) in [6.07, 6.45) is 5.56. The Bertz CT molecular complexity index is 1270. The molecule has 0 unspecified atom stereocenters. The smallest absolute Gasteiger partial charge is 0.260 e. The molecule has 0 spiro atoms. The number of aromatic nitrogens is 4. The van der Waals surface area contributed by atoms with Crippen LogP contribution in [0.2, 0.25) is 0 Å². The number of aryl methyl sites for hydroxylation is 1. The van der Waals surface area contributed by atoms with Gasteiger partial charge >= 0.3 is 0 Å². The number of H-pyrrole nitrogens is 1. The van der Waals surface area contributed by atoms with E-state index in [1.165, 1.54) is 6.07 Å². The highest BCUT2D eigenvalue weighted by Gasteiger charge is 2.15. The molecule has 0 radical (unpaired) electrons. The van der Waals surface area contributed by atoms with Crippen LogP contribution in [0.4, 0.5) is 10.3 Å². The van der Waals surface area contributed by atoms with Crippen molar-refractivity contribution in [2.45, 2.75) is 25.8 Å². The maximum Gasteiger partial charge on any atom is 0.260 e. The molecule has 1 aromatic carbocycles. The molecule has 5 rings (SSSR count). The van der Waals surface area contributed by atoms with Crippen LogP contribution in [0.25, 0.3) is 27.7 Å². The van der Waals surface area contributed by atoms with E-state index in [1.54, 1.807) is 22.7 Å². The van der Waals surface area contributed by atoms with Crippen molar-refractivity contribution in [3.8, 4) is 11.1 Å². The molecule has 1 saturated heterocycles. The van der Waals surface area contributed by atoms with Gasteiger partial charge in [-0.2, -0.15) is 0 Å². The van der Waals surface area contributed by atoms with E-state index in [0.717, 1.165) is 37.2 Å². The Labute approximate surface area is 166 Å². The summed E-state index contributed by atoms with van der Waals surface area (Å²) in [4.78, 5) is 24.2. The number of fused-ring (bicyclic) bond motifs is 2. The van der Waals surface area contributed by atoms with E-state index < -0.39 is 5.82 Å². The van der Waals surface area contributed by atoms with Crippen LogP contribution in [0.5, 0.6) is 0 Å². The van der Waals surface area contributed by atoms with Gasteiger partial charge in [-0.3, -0.25) is 9.78 Å². The van der Waals surface area contributed by atoms with Gasteiger partial charge < -0.3 is 15.0 Å². The lowest BCUT2D eigenvalue weighted by atomic mass is 10.1. The second-order valence-corrected chi connectivity index (χ2v) is 7.50. The lowest BCUT2D eigenvalue weighted by molar-refractivity contribution is 0.477. The second kappa shape index (κ2) is 6.97. The zero-order chi connectivity index (χ0) is 20.0.